The second-order valence-electron chi connectivity index (χ2n) is 5.53. The van der Waals surface area contributed by atoms with Crippen LogP contribution in [0.25, 0.3) is 0 Å². The fraction of sp³-hybridized carbons (Fsp3) is 0.647. The molecule has 0 aliphatic heterocycles. The van der Waals surface area contributed by atoms with Gasteiger partial charge < -0.3 is 4.52 Å². The number of para-hydroxylation sites is 1. The molecule has 20 heavy (non-hydrogen) atoms. The Morgan fingerprint density at radius 3 is 2.00 bits per heavy atom. The van der Waals surface area contributed by atoms with Gasteiger partial charge >= 0.3 is 0 Å². The van der Waals surface area contributed by atoms with Crippen molar-refractivity contribution in [3.8, 4) is 5.75 Å². The van der Waals surface area contributed by atoms with E-state index in [9.17, 15) is 4.57 Å². The van der Waals surface area contributed by atoms with Gasteiger partial charge in [-0.15, -0.1) is 0 Å². The molecular weight excluding hydrogens is 267 g/mol. The van der Waals surface area contributed by atoms with Crippen molar-refractivity contribution >= 4 is 7.37 Å². The van der Waals surface area contributed by atoms with Crippen LogP contribution < -0.4 is 4.52 Å². The molecule has 0 atom stereocenters. The summed E-state index contributed by atoms with van der Waals surface area (Å²) in [5, 5.41) is 0. The minimum absolute atomic E-state index is 0.721. The molecule has 0 saturated heterocycles. The minimum atomic E-state index is -2.53. The second kappa shape index (κ2) is 9.23. The average molecular weight is 296 g/mol. The third kappa shape index (κ3) is 6.13. The standard InChI is InChI=1S/C17H29O2P/c1-4-6-10-14-20(18,15-11-7-5-2)19-17-13-9-8-12-16(17)3/h8-9,12-13H,4-7,10-11,14-15H2,1-3H3. The Labute approximate surface area is 124 Å². The zero-order valence-electron chi connectivity index (χ0n) is 13.2. The number of aryl methyl sites for hydroxylation is 1. The molecule has 0 aromatic heterocycles. The molecular formula is C17H29O2P. The lowest BCUT2D eigenvalue weighted by molar-refractivity contribution is 0.473. The summed E-state index contributed by atoms with van der Waals surface area (Å²) in [5.74, 6) is 0.795. The summed E-state index contributed by atoms with van der Waals surface area (Å²) in [6, 6.07) is 7.88. The molecule has 0 heterocycles. The first kappa shape index (κ1) is 17.3. The van der Waals surface area contributed by atoms with Crippen LogP contribution in [0.5, 0.6) is 5.75 Å². The van der Waals surface area contributed by atoms with Crippen LogP contribution in [-0.4, -0.2) is 12.3 Å². The summed E-state index contributed by atoms with van der Waals surface area (Å²) in [5.41, 5.74) is 1.07. The van der Waals surface area contributed by atoms with Crippen molar-refractivity contribution in [1.29, 1.82) is 0 Å². The SMILES string of the molecule is CCCCCP(=O)(CCCCC)Oc1ccccc1C. The molecule has 114 valence electrons. The molecule has 1 aromatic carbocycles. The molecule has 0 fully saturated rings. The quantitative estimate of drug-likeness (QED) is 0.389. The van der Waals surface area contributed by atoms with Gasteiger partial charge in [-0.3, -0.25) is 4.57 Å². The zero-order chi connectivity index (χ0) is 14.8. The summed E-state index contributed by atoms with van der Waals surface area (Å²) >= 11 is 0. The predicted molar refractivity (Wildman–Crippen MR) is 88.2 cm³/mol. The summed E-state index contributed by atoms with van der Waals surface area (Å²) in [7, 11) is -2.53. The third-order valence-electron chi connectivity index (χ3n) is 3.56. The van der Waals surface area contributed by atoms with Crippen LogP contribution in [-0.2, 0) is 4.57 Å². The zero-order valence-corrected chi connectivity index (χ0v) is 14.1. The van der Waals surface area contributed by atoms with Crippen LogP contribution in [0, 0.1) is 6.92 Å². The van der Waals surface area contributed by atoms with E-state index < -0.39 is 7.37 Å². The van der Waals surface area contributed by atoms with Crippen molar-refractivity contribution in [2.45, 2.75) is 59.3 Å². The molecule has 0 bridgehead atoms. The number of hydrogen-bond donors (Lipinski definition) is 0. The highest BCUT2D eigenvalue weighted by molar-refractivity contribution is 7.59. The van der Waals surface area contributed by atoms with Gasteiger partial charge in [0.25, 0.3) is 0 Å². The van der Waals surface area contributed by atoms with Crippen molar-refractivity contribution in [1.82, 2.24) is 0 Å². The number of hydrogen-bond acceptors (Lipinski definition) is 2. The monoisotopic (exact) mass is 296 g/mol. The first-order valence-electron chi connectivity index (χ1n) is 7.94. The van der Waals surface area contributed by atoms with Crippen LogP contribution in [0.15, 0.2) is 24.3 Å². The Balaban J connectivity index is 2.70. The first-order valence-corrected chi connectivity index (χ1v) is 9.94. The van der Waals surface area contributed by atoms with E-state index in [0.717, 1.165) is 62.2 Å². The third-order valence-corrected chi connectivity index (χ3v) is 6.09. The molecule has 2 nitrogen and oxygen atoms in total. The van der Waals surface area contributed by atoms with E-state index >= 15 is 0 Å². The summed E-state index contributed by atoms with van der Waals surface area (Å²) in [6.07, 6.45) is 8.03. The topological polar surface area (TPSA) is 26.3 Å². The van der Waals surface area contributed by atoms with Gasteiger partial charge in [0.15, 0.2) is 0 Å². The Morgan fingerprint density at radius 1 is 0.950 bits per heavy atom. The fourth-order valence-corrected chi connectivity index (χ4v) is 4.63. The molecule has 3 heteroatoms. The second-order valence-corrected chi connectivity index (χ2v) is 8.24. The van der Waals surface area contributed by atoms with Crippen LogP contribution in [0.2, 0.25) is 0 Å². The van der Waals surface area contributed by atoms with Gasteiger partial charge in [-0.05, 0) is 31.4 Å². The van der Waals surface area contributed by atoms with E-state index in [1.807, 2.05) is 31.2 Å². The van der Waals surface area contributed by atoms with E-state index in [4.69, 9.17) is 4.52 Å². The minimum Gasteiger partial charge on any atom is -0.443 e. The molecule has 0 unspecified atom stereocenters. The van der Waals surface area contributed by atoms with Gasteiger partial charge in [0.2, 0.25) is 7.37 Å². The normalized spacial score (nSPS) is 11.6. The van der Waals surface area contributed by atoms with Gasteiger partial charge in [0.05, 0.1) is 0 Å². The van der Waals surface area contributed by atoms with Crippen molar-refractivity contribution in [2.75, 3.05) is 12.3 Å². The summed E-state index contributed by atoms with van der Waals surface area (Å²) < 4.78 is 19.0. The van der Waals surface area contributed by atoms with Crippen molar-refractivity contribution in [2.24, 2.45) is 0 Å². The Bertz CT molecular complexity index is 415. The lowest BCUT2D eigenvalue weighted by Crippen LogP contribution is -2.04. The smallest absolute Gasteiger partial charge is 0.247 e. The van der Waals surface area contributed by atoms with E-state index in [-0.39, 0.29) is 0 Å². The number of unbranched alkanes of at least 4 members (excludes halogenated alkanes) is 4. The molecule has 0 spiro atoms. The Kier molecular flexibility index (Phi) is 7.99. The molecule has 0 saturated carbocycles. The maximum Gasteiger partial charge on any atom is 0.247 e. The lowest BCUT2D eigenvalue weighted by Gasteiger charge is -2.21. The largest absolute Gasteiger partial charge is 0.443 e. The van der Waals surface area contributed by atoms with Crippen LogP contribution in [0.3, 0.4) is 0 Å². The van der Waals surface area contributed by atoms with Gasteiger partial charge in [-0.2, -0.15) is 0 Å². The van der Waals surface area contributed by atoms with Crippen LogP contribution in [0.4, 0.5) is 0 Å². The molecule has 1 aromatic rings. The number of rotatable bonds is 10. The van der Waals surface area contributed by atoms with E-state index in [0.29, 0.717) is 0 Å². The Hall–Kier alpha value is -0.750. The van der Waals surface area contributed by atoms with Crippen LogP contribution >= 0.6 is 7.37 Å². The van der Waals surface area contributed by atoms with Gasteiger partial charge in [0, 0.05) is 12.3 Å². The van der Waals surface area contributed by atoms with Gasteiger partial charge in [0.1, 0.15) is 5.75 Å². The molecule has 0 aliphatic rings. The van der Waals surface area contributed by atoms with Gasteiger partial charge in [-0.25, -0.2) is 0 Å². The van der Waals surface area contributed by atoms with Gasteiger partial charge in [-0.1, -0.05) is 57.7 Å². The predicted octanol–water partition coefficient (Wildman–Crippen LogP) is 6.03. The average Bonchev–Trinajstić information content (AvgIpc) is 2.42. The van der Waals surface area contributed by atoms with E-state index in [1.165, 1.54) is 0 Å². The highest BCUT2D eigenvalue weighted by Crippen LogP contribution is 2.49. The first-order chi connectivity index (χ1) is 9.61. The van der Waals surface area contributed by atoms with Crippen molar-refractivity contribution in [3.05, 3.63) is 29.8 Å². The lowest BCUT2D eigenvalue weighted by atomic mass is 10.2. The maximum atomic E-state index is 13.1. The van der Waals surface area contributed by atoms with E-state index in [2.05, 4.69) is 13.8 Å². The van der Waals surface area contributed by atoms with Crippen LogP contribution in [0.1, 0.15) is 57.9 Å². The fourth-order valence-electron chi connectivity index (χ4n) is 2.25. The molecule has 0 radical (unpaired) electrons. The van der Waals surface area contributed by atoms with Crippen molar-refractivity contribution < 1.29 is 9.09 Å². The molecule has 1 rings (SSSR count). The van der Waals surface area contributed by atoms with E-state index in [1.54, 1.807) is 0 Å². The summed E-state index contributed by atoms with van der Waals surface area (Å²) in [6.45, 7) is 6.35. The Morgan fingerprint density at radius 2 is 1.50 bits per heavy atom. The molecule has 0 amide bonds. The number of benzene rings is 1. The molecule has 0 N–H and O–H groups in total. The maximum absolute atomic E-state index is 13.1. The van der Waals surface area contributed by atoms with Crippen molar-refractivity contribution in [3.63, 3.8) is 0 Å². The highest BCUT2D eigenvalue weighted by Gasteiger charge is 2.24. The highest BCUT2D eigenvalue weighted by atomic mass is 31.2. The summed E-state index contributed by atoms with van der Waals surface area (Å²) in [4.78, 5) is 0. The molecule has 0 aliphatic carbocycles.